The van der Waals surface area contributed by atoms with E-state index in [1.165, 1.54) is 0 Å². The van der Waals surface area contributed by atoms with Crippen LogP contribution in [0.25, 0.3) is 0 Å². The van der Waals surface area contributed by atoms with Gasteiger partial charge in [-0.3, -0.25) is 0 Å². The van der Waals surface area contributed by atoms with Gasteiger partial charge in [0.15, 0.2) is 0 Å². The Balaban J connectivity index is 0. The summed E-state index contributed by atoms with van der Waals surface area (Å²) in [5, 5.41) is 0. The maximum absolute atomic E-state index is 5.10. The second-order valence-corrected chi connectivity index (χ2v) is 0.996. The molecule has 0 heterocycles. The fourth-order valence-electron chi connectivity index (χ4n) is 0.144. The molecule has 0 N–H and O–H groups in total. The summed E-state index contributed by atoms with van der Waals surface area (Å²) in [6.07, 6.45) is 2.81. The molecule has 0 nitrogen and oxygen atoms in total. The predicted octanol–water partition coefficient (Wildman–Crippen LogP) is 1.70. The SMILES string of the molecule is [CH-]CCC[CH2-].[Y]. The summed E-state index contributed by atoms with van der Waals surface area (Å²) in [5.74, 6) is 0. The van der Waals surface area contributed by atoms with E-state index in [0.29, 0.717) is 0 Å². The van der Waals surface area contributed by atoms with Crippen LogP contribution in [-0.2, 0) is 32.7 Å². The Kier molecular flexibility index (Phi) is 16.0. The number of hydrogen-bond donors (Lipinski definition) is 0. The normalized spacial score (nSPS) is 7.00. The molecule has 0 spiro atoms. The molecule has 0 saturated carbocycles. The predicted molar refractivity (Wildman–Crippen MR) is 23.5 cm³/mol. The Labute approximate surface area is 65.6 Å². The van der Waals surface area contributed by atoms with Crippen molar-refractivity contribution in [2.75, 3.05) is 0 Å². The Morgan fingerprint density at radius 1 is 1.50 bits per heavy atom. The first kappa shape index (κ1) is 10.2. The summed E-state index contributed by atoms with van der Waals surface area (Å²) in [6.45, 7) is 8.69. The molecule has 0 aromatic rings. The van der Waals surface area contributed by atoms with Gasteiger partial charge < -0.3 is 13.8 Å². The summed E-state index contributed by atoms with van der Waals surface area (Å²) in [4.78, 5) is 0. The van der Waals surface area contributed by atoms with Gasteiger partial charge in [-0.2, -0.15) is 6.42 Å². The third kappa shape index (κ3) is 8.92. The zero-order valence-electron chi connectivity index (χ0n) is 3.98. The van der Waals surface area contributed by atoms with Gasteiger partial charge in [0.05, 0.1) is 0 Å². The Morgan fingerprint density at radius 3 is 2.00 bits per heavy atom. The van der Waals surface area contributed by atoms with Crippen molar-refractivity contribution in [3.05, 3.63) is 13.8 Å². The van der Waals surface area contributed by atoms with Crippen LogP contribution in [-0.4, -0.2) is 0 Å². The van der Waals surface area contributed by atoms with E-state index >= 15 is 0 Å². The third-order valence-electron chi connectivity index (χ3n) is 0.454. The number of rotatable bonds is 2. The molecule has 0 aromatic carbocycles. The fourth-order valence-corrected chi connectivity index (χ4v) is 0.144. The van der Waals surface area contributed by atoms with Crippen LogP contribution in [0.15, 0.2) is 0 Å². The van der Waals surface area contributed by atoms with Crippen molar-refractivity contribution >= 4 is 0 Å². The molecule has 0 unspecified atom stereocenters. The van der Waals surface area contributed by atoms with Gasteiger partial charge in [0.1, 0.15) is 0 Å². The van der Waals surface area contributed by atoms with Crippen molar-refractivity contribution < 1.29 is 32.7 Å². The fraction of sp³-hybridized carbons (Fsp3) is 0.600. The molecule has 0 atom stereocenters. The smallest absolute Gasteiger partial charge is 0 e. The van der Waals surface area contributed by atoms with E-state index < -0.39 is 0 Å². The maximum Gasteiger partial charge on any atom is 0 e. The van der Waals surface area contributed by atoms with Crippen LogP contribution in [0.3, 0.4) is 0 Å². The Morgan fingerprint density at radius 2 is 2.00 bits per heavy atom. The van der Waals surface area contributed by atoms with Gasteiger partial charge >= 0.3 is 0 Å². The first-order valence-corrected chi connectivity index (χ1v) is 1.91. The van der Waals surface area contributed by atoms with Crippen LogP contribution in [0.1, 0.15) is 19.3 Å². The minimum absolute atomic E-state index is 0. The molecule has 0 aliphatic heterocycles. The van der Waals surface area contributed by atoms with Gasteiger partial charge in [-0.25, -0.2) is 6.42 Å². The van der Waals surface area contributed by atoms with Gasteiger partial charge in [-0.1, -0.05) is 0 Å². The molecule has 0 amide bonds. The molecule has 0 saturated heterocycles. The molecule has 0 aliphatic rings. The van der Waals surface area contributed by atoms with Gasteiger partial charge in [0.25, 0.3) is 0 Å². The third-order valence-corrected chi connectivity index (χ3v) is 0.454. The van der Waals surface area contributed by atoms with Crippen LogP contribution in [0.4, 0.5) is 0 Å². The number of hydrogen-bond acceptors (Lipinski definition) is 0. The van der Waals surface area contributed by atoms with Crippen LogP contribution in [0, 0.1) is 13.8 Å². The largest absolute Gasteiger partial charge is 0.495 e. The van der Waals surface area contributed by atoms with Crippen LogP contribution >= 0.6 is 0 Å². The standard InChI is InChI=1S/C5H9.Y/c1-3-5-4-2;/h1H,2-5H2;/q-2;. The van der Waals surface area contributed by atoms with Crippen molar-refractivity contribution in [1.82, 2.24) is 0 Å². The maximum atomic E-state index is 5.10. The average Bonchev–Trinajstić information content (AvgIpc) is 1.41. The topological polar surface area (TPSA) is 0 Å². The first-order chi connectivity index (χ1) is 2.41. The van der Waals surface area contributed by atoms with Crippen LogP contribution in [0.2, 0.25) is 0 Å². The summed E-state index contributed by atoms with van der Waals surface area (Å²) in [7, 11) is 0. The molecule has 0 fully saturated rings. The van der Waals surface area contributed by atoms with E-state index in [9.17, 15) is 0 Å². The first-order valence-electron chi connectivity index (χ1n) is 1.91. The van der Waals surface area contributed by atoms with E-state index in [1.54, 1.807) is 0 Å². The molecule has 1 heteroatoms. The summed E-state index contributed by atoms with van der Waals surface area (Å²) < 4.78 is 0. The summed E-state index contributed by atoms with van der Waals surface area (Å²) >= 11 is 0. The van der Waals surface area contributed by atoms with Crippen molar-refractivity contribution in [3.63, 3.8) is 0 Å². The van der Waals surface area contributed by atoms with Gasteiger partial charge in [-0.15, -0.1) is 6.42 Å². The van der Waals surface area contributed by atoms with Crippen LogP contribution in [0.5, 0.6) is 0 Å². The Bertz CT molecular complexity index is 11.4. The molecule has 0 bridgehead atoms. The average molecular weight is 158 g/mol. The van der Waals surface area contributed by atoms with E-state index in [4.69, 9.17) is 6.92 Å². The summed E-state index contributed by atoms with van der Waals surface area (Å²) in [5.41, 5.74) is 0. The molecular weight excluding hydrogens is 149 g/mol. The van der Waals surface area contributed by atoms with E-state index in [0.717, 1.165) is 19.3 Å². The van der Waals surface area contributed by atoms with Gasteiger partial charge in [-0.05, 0) is 0 Å². The Hall–Kier alpha value is 1.10. The van der Waals surface area contributed by atoms with Crippen LogP contribution < -0.4 is 0 Å². The van der Waals surface area contributed by atoms with Gasteiger partial charge in [0, 0.05) is 32.7 Å². The minimum Gasteiger partial charge on any atom is -0.495 e. The zero-order valence-corrected chi connectivity index (χ0v) is 6.82. The van der Waals surface area contributed by atoms with Crippen molar-refractivity contribution in [2.24, 2.45) is 0 Å². The van der Waals surface area contributed by atoms with Crippen molar-refractivity contribution in [3.8, 4) is 0 Å². The van der Waals surface area contributed by atoms with E-state index in [1.807, 2.05) is 0 Å². The summed E-state index contributed by atoms with van der Waals surface area (Å²) in [6, 6.07) is 0. The molecule has 6 heavy (non-hydrogen) atoms. The molecule has 0 aliphatic carbocycles. The second-order valence-electron chi connectivity index (χ2n) is 0.996. The van der Waals surface area contributed by atoms with Crippen molar-refractivity contribution in [2.45, 2.75) is 19.3 Å². The van der Waals surface area contributed by atoms with E-state index in [2.05, 4.69) is 6.92 Å². The van der Waals surface area contributed by atoms with Crippen molar-refractivity contribution in [1.29, 1.82) is 0 Å². The van der Waals surface area contributed by atoms with Gasteiger partial charge in [0.2, 0.25) is 0 Å². The molecule has 0 aromatic heterocycles. The minimum atomic E-state index is 0. The number of unbranched alkanes of at least 4 members (excludes halogenated alkanes) is 2. The molecular formula is C5H9Y-2. The monoisotopic (exact) mass is 158 g/mol. The quantitative estimate of drug-likeness (QED) is 0.536. The molecule has 34 valence electrons. The van der Waals surface area contributed by atoms with E-state index in [-0.39, 0.29) is 32.7 Å². The molecule has 2 radical (unpaired) electrons. The molecule has 0 rings (SSSR count). The zero-order chi connectivity index (χ0) is 4.12. The second kappa shape index (κ2) is 9.44.